The van der Waals surface area contributed by atoms with Crippen molar-refractivity contribution in [3.8, 4) is 22.8 Å². The molecule has 0 spiro atoms. The number of methoxy groups -OCH3 is 1. The van der Waals surface area contributed by atoms with Gasteiger partial charge in [-0.15, -0.1) is 5.10 Å². The van der Waals surface area contributed by atoms with E-state index in [1.54, 1.807) is 11.8 Å². The predicted octanol–water partition coefficient (Wildman–Crippen LogP) is 3.90. The molecule has 0 atom stereocenters. The molecule has 21 heavy (non-hydrogen) atoms. The minimum Gasteiger partial charge on any atom is -0.496 e. The van der Waals surface area contributed by atoms with Crippen LogP contribution in [0.5, 0.6) is 5.75 Å². The molecule has 3 aromatic rings. The molecule has 0 N–H and O–H groups in total. The molecule has 0 aliphatic heterocycles. The molecule has 5 heteroatoms. The number of aromatic nitrogens is 3. The van der Waals surface area contributed by atoms with Crippen LogP contribution in [0.3, 0.4) is 0 Å². The van der Waals surface area contributed by atoms with Crippen molar-refractivity contribution >= 4 is 11.6 Å². The molecule has 1 aromatic heterocycles. The van der Waals surface area contributed by atoms with Gasteiger partial charge in [-0.3, -0.25) is 0 Å². The van der Waals surface area contributed by atoms with Gasteiger partial charge in [0.05, 0.1) is 18.4 Å². The first-order valence-electron chi connectivity index (χ1n) is 6.52. The Labute approximate surface area is 128 Å². The van der Waals surface area contributed by atoms with Gasteiger partial charge in [0.2, 0.25) is 5.28 Å². The van der Waals surface area contributed by atoms with E-state index in [-0.39, 0.29) is 0 Å². The Morgan fingerprint density at radius 3 is 2.48 bits per heavy atom. The van der Waals surface area contributed by atoms with Crippen molar-refractivity contribution in [1.29, 1.82) is 0 Å². The first-order valence-corrected chi connectivity index (χ1v) is 6.90. The largest absolute Gasteiger partial charge is 0.496 e. The monoisotopic (exact) mass is 299 g/mol. The van der Waals surface area contributed by atoms with E-state index in [2.05, 4.69) is 10.1 Å². The molecule has 0 aliphatic rings. The molecule has 3 rings (SSSR count). The van der Waals surface area contributed by atoms with Crippen molar-refractivity contribution in [2.75, 3.05) is 7.11 Å². The van der Waals surface area contributed by atoms with E-state index in [0.29, 0.717) is 11.1 Å². The summed E-state index contributed by atoms with van der Waals surface area (Å²) in [6.45, 7) is 2.03. The molecule has 0 bridgehead atoms. The summed E-state index contributed by atoms with van der Waals surface area (Å²) in [7, 11) is 1.62. The Balaban J connectivity index is 2.07. The second-order valence-electron chi connectivity index (χ2n) is 4.65. The maximum atomic E-state index is 6.21. The predicted molar refractivity (Wildman–Crippen MR) is 83.1 cm³/mol. The second-order valence-corrected chi connectivity index (χ2v) is 4.99. The number of nitrogens with zero attached hydrogens (tertiary/aromatic N) is 3. The SMILES string of the molecule is COc1ccccc1-c1nc(Cl)n(-c2ccc(C)cc2)n1. The van der Waals surface area contributed by atoms with Gasteiger partial charge in [-0.25, -0.2) is 4.68 Å². The first kappa shape index (κ1) is 13.6. The van der Waals surface area contributed by atoms with Gasteiger partial charge in [-0.05, 0) is 42.8 Å². The number of halogens is 1. The standard InChI is InChI=1S/C16H14ClN3O/c1-11-7-9-12(10-8-11)20-16(17)18-15(19-20)13-5-3-4-6-14(13)21-2/h3-10H,1-2H3. The van der Waals surface area contributed by atoms with Crippen LogP contribution >= 0.6 is 11.6 Å². The molecule has 0 saturated carbocycles. The summed E-state index contributed by atoms with van der Waals surface area (Å²) >= 11 is 6.21. The molecule has 0 saturated heterocycles. The first-order chi connectivity index (χ1) is 10.2. The van der Waals surface area contributed by atoms with Crippen LogP contribution in [0.4, 0.5) is 0 Å². The van der Waals surface area contributed by atoms with Crippen molar-refractivity contribution in [2.24, 2.45) is 0 Å². The Morgan fingerprint density at radius 1 is 1.05 bits per heavy atom. The molecule has 1 heterocycles. The fraction of sp³-hybridized carbons (Fsp3) is 0.125. The van der Waals surface area contributed by atoms with Crippen molar-refractivity contribution in [3.63, 3.8) is 0 Å². The fourth-order valence-electron chi connectivity index (χ4n) is 2.09. The number of hydrogen-bond donors (Lipinski definition) is 0. The molecule has 0 radical (unpaired) electrons. The molecule has 0 amide bonds. The van der Waals surface area contributed by atoms with Crippen molar-refractivity contribution in [1.82, 2.24) is 14.8 Å². The summed E-state index contributed by atoms with van der Waals surface area (Å²) in [5, 5.41) is 4.80. The van der Waals surface area contributed by atoms with Crippen molar-refractivity contribution in [3.05, 3.63) is 59.4 Å². The number of ether oxygens (including phenoxy) is 1. The zero-order valence-electron chi connectivity index (χ0n) is 11.7. The fourth-order valence-corrected chi connectivity index (χ4v) is 2.30. The minimum absolute atomic E-state index is 0.319. The molecular formula is C16H14ClN3O. The number of aryl methyl sites for hydroxylation is 1. The van der Waals surface area contributed by atoms with E-state index < -0.39 is 0 Å². The zero-order valence-corrected chi connectivity index (χ0v) is 12.5. The topological polar surface area (TPSA) is 39.9 Å². The maximum Gasteiger partial charge on any atom is 0.226 e. The highest BCUT2D eigenvalue weighted by Crippen LogP contribution is 2.28. The van der Waals surface area contributed by atoms with Crippen LogP contribution < -0.4 is 4.74 Å². The van der Waals surface area contributed by atoms with Crippen molar-refractivity contribution in [2.45, 2.75) is 6.92 Å². The number of rotatable bonds is 3. The molecule has 2 aromatic carbocycles. The van der Waals surface area contributed by atoms with Gasteiger partial charge in [0.15, 0.2) is 5.82 Å². The Morgan fingerprint density at radius 2 is 1.76 bits per heavy atom. The average molecular weight is 300 g/mol. The van der Waals surface area contributed by atoms with Crippen LogP contribution in [0.2, 0.25) is 5.28 Å². The Kier molecular flexibility index (Phi) is 3.62. The van der Waals surface area contributed by atoms with Gasteiger partial charge in [0.1, 0.15) is 5.75 Å². The lowest BCUT2D eigenvalue weighted by molar-refractivity contribution is 0.416. The third-order valence-electron chi connectivity index (χ3n) is 3.19. The molecule has 106 valence electrons. The summed E-state index contributed by atoms with van der Waals surface area (Å²) in [6, 6.07) is 15.5. The summed E-state index contributed by atoms with van der Waals surface area (Å²) in [5.74, 6) is 1.26. The van der Waals surface area contributed by atoms with Gasteiger partial charge in [0, 0.05) is 0 Å². The third-order valence-corrected chi connectivity index (χ3v) is 3.44. The highest BCUT2D eigenvalue weighted by atomic mass is 35.5. The van der Waals surface area contributed by atoms with E-state index >= 15 is 0 Å². The number of para-hydroxylation sites is 1. The van der Waals surface area contributed by atoms with Gasteiger partial charge in [-0.1, -0.05) is 29.8 Å². The van der Waals surface area contributed by atoms with E-state index in [4.69, 9.17) is 16.3 Å². The van der Waals surface area contributed by atoms with E-state index in [0.717, 1.165) is 17.0 Å². The van der Waals surface area contributed by atoms with Crippen LogP contribution in [0.1, 0.15) is 5.56 Å². The average Bonchev–Trinajstić information content (AvgIpc) is 2.90. The van der Waals surface area contributed by atoms with Gasteiger partial charge >= 0.3 is 0 Å². The third kappa shape index (κ3) is 2.62. The van der Waals surface area contributed by atoms with E-state index in [9.17, 15) is 0 Å². The highest BCUT2D eigenvalue weighted by Gasteiger charge is 2.14. The highest BCUT2D eigenvalue weighted by molar-refractivity contribution is 6.28. The van der Waals surface area contributed by atoms with Gasteiger partial charge in [-0.2, -0.15) is 4.98 Å². The molecule has 0 unspecified atom stereocenters. The van der Waals surface area contributed by atoms with Crippen LogP contribution in [0.25, 0.3) is 17.1 Å². The summed E-state index contributed by atoms with van der Waals surface area (Å²) in [6.07, 6.45) is 0. The van der Waals surface area contributed by atoms with E-state index in [1.807, 2.05) is 55.5 Å². The Bertz CT molecular complexity index is 765. The Hall–Kier alpha value is -2.33. The van der Waals surface area contributed by atoms with Gasteiger partial charge in [0.25, 0.3) is 0 Å². The van der Waals surface area contributed by atoms with Crippen molar-refractivity contribution < 1.29 is 4.74 Å². The summed E-state index contributed by atoms with van der Waals surface area (Å²) in [4.78, 5) is 4.33. The lowest BCUT2D eigenvalue weighted by Crippen LogP contribution is -1.97. The summed E-state index contributed by atoms with van der Waals surface area (Å²) in [5.41, 5.74) is 2.87. The molecule has 0 aliphatic carbocycles. The van der Waals surface area contributed by atoms with Crippen LogP contribution in [0.15, 0.2) is 48.5 Å². The number of hydrogen-bond acceptors (Lipinski definition) is 3. The molecule has 0 fully saturated rings. The second kappa shape index (κ2) is 5.58. The molecule has 4 nitrogen and oxygen atoms in total. The molecular weight excluding hydrogens is 286 g/mol. The minimum atomic E-state index is 0.319. The van der Waals surface area contributed by atoms with Crippen LogP contribution in [0, 0.1) is 6.92 Å². The van der Waals surface area contributed by atoms with E-state index in [1.165, 1.54) is 5.56 Å². The smallest absolute Gasteiger partial charge is 0.226 e. The van der Waals surface area contributed by atoms with Crippen LogP contribution in [-0.4, -0.2) is 21.9 Å². The van der Waals surface area contributed by atoms with Crippen LogP contribution in [-0.2, 0) is 0 Å². The quantitative estimate of drug-likeness (QED) is 0.736. The normalized spacial score (nSPS) is 10.6. The van der Waals surface area contributed by atoms with Gasteiger partial charge < -0.3 is 4.74 Å². The lowest BCUT2D eigenvalue weighted by atomic mass is 10.2. The lowest BCUT2D eigenvalue weighted by Gasteiger charge is -2.04. The zero-order chi connectivity index (χ0) is 14.8. The maximum absolute atomic E-state index is 6.21. The number of benzene rings is 2. The summed E-state index contributed by atoms with van der Waals surface area (Å²) < 4.78 is 6.95.